The molecule has 2 N–H and O–H groups in total. The molecule has 4 aromatic rings. The quantitative estimate of drug-likeness (QED) is 0.226. The molecule has 0 aliphatic carbocycles. The molecular formula is C33H38Cl2N6O5. The zero-order valence-electron chi connectivity index (χ0n) is 26.9. The molecule has 46 heavy (non-hydrogen) atoms. The van der Waals surface area contributed by atoms with Gasteiger partial charge >= 0.3 is 6.09 Å². The van der Waals surface area contributed by atoms with E-state index in [-0.39, 0.29) is 30.2 Å². The number of amides is 1. The van der Waals surface area contributed by atoms with Crippen molar-refractivity contribution in [3.05, 3.63) is 58.4 Å². The number of nitrogens with one attached hydrogen (secondary N) is 1. The van der Waals surface area contributed by atoms with E-state index in [1.54, 1.807) is 55.7 Å². The molecule has 1 amide bonds. The molecule has 6 rings (SSSR count). The molecule has 2 saturated heterocycles. The van der Waals surface area contributed by atoms with E-state index in [0.717, 1.165) is 18.5 Å². The Hall–Kier alpha value is -3.51. The summed E-state index contributed by atoms with van der Waals surface area (Å²) in [6.07, 6.45) is 5.66. The highest BCUT2D eigenvalue weighted by Gasteiger charge is 2.52. The van der Waals surface area contributed by atoms with Crippen LogP contribution in [-0.2, 0) is 15.9 Å². The second-order valence-electron chi connectivity index (χ2n) is 14.0. The van der Waals surface area contributed by atoms with Gasteiger partial charge in [-0.1, -0.05) is 44.0 Å². The van der Waals surface area contributed by atoms with E-state index in [1.807, 2.05) is 34.6 Å². The SMILES string of the molecule is CC(C)(O)c1cnc(OC2CN(C(=O)OC(C)(C)c3cnc(OC4CNC4)c4cnc(Cl)cc34)C2C(C)(C)C)c2cnc(Cl)cc12. The number of hydrogen-bond acceptors (Lipinski definition) is 10. The van der Waals surface area contributed by atoms with Crippen molar-refractivity contribution >= 4 is 50.8 Å². The molecule has 2 unspecified atom stereocenters. The molecule has 2 atom stereocenters. The van der Waals surface area contributed by atoms with Gasteiger partial charge < -0.3 is 24.6 Å². The minimum Gasteiger partial charge on any atom is -0.471 e. The minimum atomic E-state index is -1.16. The molecule has 244 valence electrons. The van der Waals surface area contributed by atoms with Gasteiger partial charge in [0.25, 0.3) is 0 Å². The first-order valence-corrected chi connectivity index (χ1v) is 15.9. The van der Waals surface area contributed by atoms with E-state index in [2.05, 4.69) is 25.3 Å². The predicted octanol–water partition coefficient (Wildman–Crippen LogP) is 6.01. The Bertz CT molecular complexity index is 1820. The number of nitrogens with zero attached hydrogens (tertiary/aromatic N) is 5. The number of aromatic nitrogens is 4. The lowest BCUT2D eigenvalue weighted by molar-refractivity contribution is -0.0993. The Labute approximate surface area is 277 Å². The molecule has 2 aliphatic rings. The maximum absolute atomic E-state index is 13.8. The van der Waals surface area contributed by atoms with Crippen LogP contribution < -0.4 is 14.8 Å². The Kier molecular flexibility index (Phi) is 8.20. The highest BCUT2D eigenvalue weighted by molar-refractivity contribution is 6.30. The second kappa shape index (κ2) is 11.6. The van der Waals surface area contributed by atoms with E-state index in [4.69, 9.17) is 37.4 Å². The van der Waals surface area contributed by atoms with E-state index in [1.165, 1.54) is 0 Å². The van der Waals surface area contributed by atoms with Gasteiger partial charge in [-0.15, -0.1) is 0 Å². The van der Waals surface area contributed by atoms with Crippen molar-refractivity contribution in [1.82, 2.24) is 30.2 Å². The standard InChI is InChI=1S/C33H38Cl2N6O5/c1-31(2,3)27-24(45-29-20-12-37-25(34)8-18(20)22(14-39-29)32(4,5)43)16-41(27)30(42)46-33(6,7)23-15-40-28(44-17-10-36-11-17)21-13-38-26(35)9-19(21)23/h8-9,12-15,17,24,27,36,43H,10-11,16H2,1-7H3. The molecule has 6 heterocycles. The average Bonchev–Trinajstić information content (AvgIpc) is 2.90. The topological polar surface area (TPSA) is 132 Å². The molecule has 0 bridgehead atoms. The summed E-state index contributed by atoms with van der Waals surface area (Å²) < 4.78 is 18.7. The van der Waals surface area contributed by atoms with Crippen molar-refractivity contribution in [2.24, 2.45) is 5.41 Å². The summed E-state index contributed by atoms with van der Waals surface area (Å²) in [6.45, 7) is 14.9. The predicted molar refractivity (Wildman–Crippen MR) is 175 cm³/mol. The molecule has 0 saturated carbocycles. The zero-order chi connectivity index (χ0) is 33.2. The van der Waals surface area contributed by atoms with Crippen LogP contribution >= 0.6 is 23.2 Å². The molecule has 13 heteroatoms. The van der Waals surface area contributed by atoms with E-state index in [9.17, 15) is 9.90 Å². The lowest BCUT2D eigenvalue weighted by Gasteiger charge is -2.53. The van der Waals surface area contributed by atoms with Crippen LogP contribution in [0.4, 0.5) is 4.79 Å². The Morgan fingerprint density at radius 2 is 1.37 bits per heavy atom. The van der Waals surface area contributed by atoms with Crippen LogP contribution in [0.3, 0.4) is 0 Å². The number of rotatable bonds is 7. The lowest BCUT2D eigenvalue weighted by Crippen LogP contribution is -2.69. The summed E-state index contributed by atoms with van der Waals surface area (Å²) in [4.78, 5) is 33.1. The highest BCUT2D eigenvalue weighted by atomic mass is 35.5. The van der Waals surface area contributed by atoms with Crippen LogP contribution in [0.2, 0.25) is 10.3 Å². The summed E-state index contributed by atoms with van der Waals surface area (Å²) in [5.41, 5.74) is -1.32. The number of likely N-dealkylation sites (tertiary alicyclic amines) is 1. The minimum absolute atomic E-state index is 0.0284. The van der Waals surface area contributed by atoms with Crippen LogP contribution in [-0.4, -0.2) is 73.9 Å². The van der Waals surface area contributed by atoms with Gasteiger partial charge in [0.2, 0.25) is 11.8 Å². The Morgan fingerprint density at radius 1 is 0.826 bits per heavy atom. The molecule has 0 spiro atoms. The molecule has 4 aromatic heterocycles. The van der Waals surface area contributed by atoms with Crippen molar-refractivity contribution < 1.29 is 24.1 Å². The number of halogens is 2. The molecule has 11 nitrogen and oxygen atoms in total. The fourth-order valence-electron chi connectivity index (χ4n) is 6.09. The van der Waals surface area contributed by atoms with Crippen LogP contribution in [0.15, 0.2) is 36.9 Å². The lowest BCUT2D eigenvalue weighted by atomic mass is 9.77. The average molecular weight is 670 g/mol. The van der Waals surface area contributed by atoms with Crippen LogP contribution in [0.25, 0.3) is 21.5 Å². The summed E-state index contributed by atoms with van der Waals surface area (Å²) in [5, 5.41) is 17.3. The maximum Gasteiger partial charge on any atom is 0.411 e. The number of pyridine rings is 4. The molecular weight excluding hydrogens is 631 g/mol. The van der Waals surface area contributed by atoms with Crippen molar-refractivity contribution in [3.63, 3.8) is 0 Å². The van der Waals surface area contributed by atoms with Gasteiger partial charge in [-0.3, -0.25) is 4.90 Å². The largest absolute Gasteiger partial charge is 0.471 e. The van der Waals surface area contributed by atoms with E-state index in [0.29, 0.717) is 49.4 Å². The number of fused-ring (bicyclic) bond motifs is 2. The fourth-order valence-corrected chi connectivity index (χ4v) is 6.41. The Balaban J connectivity index is 1.25. The normalized spacial score (nSPS) is 19.1. The maximum atomic E-state index is 13.8. The highest BCUT2D eigenvalue weighted by Crippen LogP contribution is 2.41. The number of aliphatic hydroxyl groups is 1. The van der Waals surface area contributed by atoms with Gasteiger partial charge in [0, 0.05) is 54.4 Å². The number of ether oxygens (including phenoxy) is 3. The van der Waals surface area contributed by atoms with Crippen LogP contribution in [0.1, 0.15) is 59.6 Å². The smallest absolute Gasteiger partial charge is 0.411 e. The first-order valence-electron chi connectivity index (χ1n) is 15.2. The summed E-state index contributed by atoms with van der Waals surface area (Å²) in [6, 6.07) is 3.10. The molecule has 0 aromatic carbocycles. The monoisotopic (exact) mass is 668 g/mol. The Morgan fingerprint density at radius 3 is 1.89 bits per heavy atom. The van der Waals surface area contributed by atoms with Crippen molar-refractivity contribution in [2.75, 3.05) is 19.6 Å². The fraction of sp³-hybridized carbons (Fsp3) is 0.485. The van der Waals surface area contributed by atoms with Crippen LogP contribution in [0, 0.1) is 5.41 Å². The molecule has 2 fully saturated rings. The van der Waals surface area contributed by atoms with Gasteiger partial charge in [-0.2, -0.15) is 0 Å². The number of carbonyl (C=O) groups excluding carboxylic acids is 1. The number of carbonyl (C=O) groups is 1. The van der Waals surface area contributed by atoms with Gasteiger partial charge in [0.1, 0.15) is 28.1 Å². The first-order chi connectivity index (χ1) is 21.5. The summed E-state index contributed by atoms with van der Waals surface area (Å²) in [5.74, 6) is 0.809. The first kappa shape index (κ1) is 32.4. The third kappa shape index (κ3) is 6.13. The zero-order valence-corrected chi connectivity index (χ0v) is 28.4. The number of hydrogen-bond donors (Lipinski definition) is 2. The van der Waals surface area contributed by atoms with Gasteiger partial charge in [0.15, 0.2) is 0 Å². The third-order valence-corrected chi connectivity index (χ3v) is 8.94. The summed E-state index contributed by atoms with van der Waals surface area (Å²) in [7, 11) is 0. The molecule has 0 radical (unpaired) electrons. The molecule has 2 aliphatic heterocycles. The third-order valence-electron chi connectivity index (χ3n) is 8.53. The van der Waals surface area contributed by atoms with Crippen molar-refractivity contribution in [2.45, 2.75) is 77.9 Å². The van der Waals surface area contributed by atoms with Crippen molar-refractivity contribution in [3.8, 4) is 11.8 Å². The van der Waals surface area contributed by atoms with Crippen molar-refractivity contribution in [1.29, 1.82) is 0 Å². The second-order valence-corrected chi connectivity index (χ2v) is 14.8. The van der Waals surface area contributed by atoms with E-state index >= 15 is 0 Å². The van der Waals surface area contributed by atoms with Gasteiger partial charge in [0.05, 0.1) is 29.0 Å². The van der Waals surface area contributed by atoms with Crippen LogP contribution in [0.5, 0.6) is 11.8 Å². The van der Waals surface area contributed by atoms with E-state index < -0.39 is 17.3 Å². The van der Waals surface area contributed by atoms with Gasteiger partial charge in [-0.05, 0) is 50.6 Å². The summed E-state index contributed by atoms with van der Waals surface area (Å²) >= 11 is 12.5. The van der Waals surface area contributed by atoms with Gasteiger partial charge in [-0.25, -0.2) is 24.7 Å².